The molecule has 0 fully saturated rings. The summed E-state index contributed by atoms with van der Waals surface area (Å²) in [4.78, 5) is 0. The minimum absolute atomic E-state index is 0.399. The topological polar surface area (TPSA) is 64.6 Å². The molecule has 0 amide bonds. The van der Waals surface area contributed by atoms with Crippen LogP contribution in [0.1, 0.15) is 68.7 Å². The molecule has 2 aromatic rings. The Kier molecular flexibility index (Phi) is 15.2. The van der Waals surface area contributed by atoms with Crippen LogP contribution in [0.4, 0.5) is 0 Å². The van der Waals surface area contributed by atoms with Crippen molar-refractivity contribution in [3.05, 3.63) is 52.6 Å². The predicted octanol–water partition coefficient (Wildman–Crippen LogP) is 7.38. The third kappa shape index (κ3) is 10.7. The Morgan fingerprint density at radius 1 is 0.610 bits per heavy atom. The smallest absolute Gasteiger partial charge is 0.168 e. The van der Waals surface area contributed by atoms with Gasteiger partial charge in [0.2, 0.25) is 0 Å². The zero-order valence-corrected chi connectivity index (χ0v) is 25.4. The molecule has 226 valence electrons. The van der Waals surface area contributed by atoms with Crippen LogP contribution in [0.2, 0.25) is 0 Å². The summed E-state index contributed by atoms with van der Waals surface area (Å²) in [7, 11) is 0. The zero-order valence-electron chi connectivity index (χ0n) is 25.4. The molecular formula is C34H48O7. The van der Waals surface area contributed by atoms with E-state index in [1.807, 2.05) is 32.1 Å². The highest BCUT2D eigenvalue weighted by atomic mass is 16.6. The van der Waals surface area contributed by atoms with Crippen molar-refractivity contribution in [3.63, 3.8) is 0 Å². The second-order valence-corrected chi connectivity index (χ2v) is 9.80. The first kappa shape index (κ1) is 32.5. The molecule has 3 rings (SSSR count). The van der Waals surface area contributed by atoms with Crippen LogP contribution in [0.3, 0.4) is 0 Å². The fourth-order valence-corrected chi connectivity index (χ4v) is 4.23. The predicted molar refractivity (Wildman–Crippen MR) is 166 cm³/mol. The van der Waals surface area contributed by atoms with Gasteiger partial charge in [0.05, 0.1) is 52.9 Å². The summed E-state index contributed by atoms with van der Waals surface area (Å²) < 4.78 is 42.0. The van der Waals surface area contributed by atoms with Crippen LogP contribution in [0, 0.1) is 6.92 Å². The van der Waals surface area contributed by atoms with Gasteiger partial charge in [-0.05, 0) is 32.3 Å². The Morgan fingerprint density at radius 2 is 1.07 bits per heavy atom. The molecular weight excluding hydrogens is 520 g/mol. The van der Waals surface area contributed by atoms with E-state index in [2.05, 4.69) is 44.2 Å². The lowest BCUT2D eigenvalue weighted by atomic mass is 10.0. The van der Waals surface area contributed by atoms with Crippen molar-refractivity contribution in [1.82, 2.24) is 0 Å². The molecule has 41 heavy (non-hydrogen) atoms. The zero-order chi connectivity index (χ0) is 29.1. The summed E-state index contributed by atoms with van der Waals surface area (Å²) in [6.07, 6.45) is 12.3. The van der Waals surface area contributed by atoms with Crippen LogP contribution in [-0.4, -0.2) is 66.1 Å². The lowest BCUT2D eigenvalue weighted by molar-refractivity contribution is 0.00706. The molecule has 0 spiro atoms. The molecule has 1 aliphatic rings. The molecule has 0 saturated heterocycles. The maximum Gasteiger partial charge on any atom is 0.168 e. The van der Waals surface area contributed by atoms with Crippen molar-refractivity contribution >= 4 is 18.2 Å². The summed E-state index contributed by atoms with van der Waals surface area (Å²) in [6.45, 7) is 13.5. The van der Waals surface area contributed by atoms with Crippen molar-refractivity contribution in [2.45, 2.75) is 53.4 Å². The molecule has 1 aliphatic heterocycles. The van der Waals surface area contributed by atoms with Crippen molar-refractivity contribution < 1.29 is 33.2 Å². The Bertz CT molecular complexity index is 1090. The van der Waals surface area contributed by atoms with Gasteiger partial charge in [-0.15, -0.1) is 0 Å². The molecule has 0 unspecified atom stereocenters. The van der Waals surface area contributed by atoms with E-state index >= 15 is 0 Å². The van der Waals surface area contributed by atoms with Crippen LogP contribution in [0.15, 0.2) is 30.3 Å². The highest BCUT2D eigenvalue weighted by Gasteiger charge is 2.17. The summed E-state index contributed by atoms with van der Waals surface area (Å²) >= 11 is 0. The van der Waals surface area contributed by atoms with Gasteiger partial charge in [-0.2, -0.15) is 0 Å². The molecule has 7 nitrogen and oxygen atoms in total. The van der Waals surface area contributed by atoms with E-state index in [1.54, 1.807) is 0 Å². The van der Waals surface area contributed by atoms with Gasteiger partial charge >= 0.3 is 0 Å². The number of rotatable bonds is 11. The van der Waals surface area contributed by atoms with E-state index in [0.29, 0.717) is 77.6 Å². The van der Waals surface area contributed by atoms with Gasteiger partial charge in [-0.3, -0.25) is 0 Å². The highest BCUT2D eigenvalue weighted by Crippen LogP contribution is 2.40. The largest absolute Gasteiger partial charge is 0.489 e. The van der Waals surface area contributed by atoms with E-state index in [-0.39, 0.29) is 0 Å². The monoisotopic (exact) mass is 568 g/mol. The molecule has 0 saturated carbocycles. The lowest BCUT2D eigenvalue weighted by Gasteiger charge is -2.19. The van der Waals surface area contributed by atoms with Gasteiger partial charge in [0.1, 0.15) is 13.2 Å². The number of hydrogen-bond acceptors (Lipinski definition) is 7. The fraction of sp³-hybridized carbons (Fsp3) is 0.529. The molecule has 1 heterocycles. The molecule has 0 N–H and O–H groups in total. The number of benzene rings is 2. The molecule has 0 atom stereocenters. The van der Waals surface area contributed by atoms with E-state index < -0.39 is 0 Å². The van der Waals surface area contributed by atoms with Gasteiger partial charge in [-0.1, -0.05) is 75.3 Å². The van der Waals surface area contributed by atoms with Crippen LogP contribution in [0.5, 0.6) is 23.0 Å². The maximum absolute atomic E-state index is 6.36. The number of hydrogen-bond donors (Lipinski definition) is 0. The first-order valence-corrected chi connectivity index (χ1v) is 15.0. The summed E-state index contributed by atoms with van der Waals surface area (Å²) in [6, 6.07) is 8.27. The second kappa shape index (κ2) is 19.2. The van der Waals surface area contributed by atoms with Crippen molar-refractivity contribution in [2.24, 2.45) is 0 Å². The molecule has 7 heteroatoms. The average Bonchev–Trinajstić information content (AvgIpc) is 2.98. The minimum atomic E-state index is 0.399. The van der Waals surface area contributed by atoms with Crippen LogP contribution >= 0.6 is 0 Å². The second-order valence-electron chi connectivity index (χ2n) is 9.80. The molecule has 0 aliphatic carbocycles. The minimum Gasteiger partial charge on any atom is -0.489 e. The quantitative estimate of drug-likeness (QED) is 0.207. The van der Waals surface area contributed by atoms with Crippen LogP contribution < -0.4 is 18.9 Å². The first-order valence-electron chi connectivity index (χ1n) is 15.0. The van der Waals surface area contributed by atoms with Crippen molar-refractivity contribution in [1.29, 1.82) is 0 Å². The average molecular weight is 569 g/mol. The van der Waals surface area contributed by atoms with Gasteiger partial charge in [0, 0.05) is 16.7 Å². The van der Waals surface area contributed by atoms with Gasteiger partial charge < -0.3 is 33.2 Å². The van der Waals surface area contributed by atoms with Crippen LogP contribution in [-0.2, 0) is 14.2 Å². The van der Waals surface area contributed by atoms with Gasteiger partial charge in [0.15, 0.2) is 23.0 Å². The third-order valence-electron chi connectivity index (χ3n) is 6.48. The van der Waals surface area contributed by atoms with Crippen LogP contribution in [0.25, 0.3) is 18.2 Å². The molecule has 2 aromatic carbocycles. The lowest BCUT2D eigenvalue weighted by Crippen LogP contribution is -2.13. The Morgan fingerprint density at radius 3 is 1.61 bits per heavy atom. The molecule has 0 radical (unpaired) electrons. The number of aryl methyl sites for hydroxylation is 1. The van der Waals surface area contributed by atoms with Crippen molar-refractivity contribution in [2.75, 3.05) is 66.1 Å². The number of allylic oxidation sites excluding steroid dienone is 1. The Balaban J connectivity index is 1.96. The van der Waals surface area contributed by atoms with E-state index in [4.69, 9.17) is 33.2 Å². The van der Waals surface area contributed by atoms with Crippen molar-refractivity contribution in [3.8, 4) is 23.0 Å². The van der Waals surface area contributed by atoms with E-state index in [9.17, 15) is 0 Å². The Hall–Kier alpha value is -3.00. The highest BCUT2D eigenvalue weighted by molar-refractivity contribution is 5.79. The van der Waals surface area contributed by atoms with E-state index in [0.717, 1.165) is 59.4 Å². The number of unbranched alkanes of at least 4 members (excludes halogenated alkanes) is 2. The first-order chi connectivity index (χ1) is 20.2. The van der Waals surface area contributed by atoms with Gasteiger partial charge in [0.25, 0.3) is 0 Å². The fourth-order valence-electron chi connectivity index (χ4n) is 4.23. The number of fused-ring (bicyclic) bond motifs is 1. The normalized spacial score (nSPS) is 15.5. The Labute approximate surface area is 246 Å². The number of ether oxygens (including phenoxy) is 7. The van der Waals surface area contributed by atoms with E-state index in [1.165, 1.54) is 0 Å². The summed E-state index contributed by atoms with van der Waals surface area (Å²) in [5, 5.41) is 0. The maximum atomic E-state index is 6.36. The van der Waals surface area contributed by atoms with Gasteiger partial charge in [-0.25, -0.2) is 0 Å². The SMILES string of the molecule is C/C=C/c1ccc(/C=C/c2ccc(C)c3c2OCCOCCOCCOCCO3)c(OCCCC)c1OCCCC. The molecule has 0 aromatic heterocycles. The summed E-state index contributed by atoms with van der Waals surface area (Å²) in [5.41, 5.74) is 3.87. The summed E-state index contributed by atoms with van der Waals surface area (Å²) in [5.74, 6) is 2.96. The standard InChI is InChI=1S/C34H48O7/c1-5-8-17-38-33-28(10-7-3)13-14-30(34(33)39-18-9-6-2)16-15-29-12-11-27(4)31-32(29)41-26-24-37-22-20-35-19-21-36-23-25-40-31/h7,10-16H,5-6,8-9,17-26H2,1-4H3/b10-7+,16-15+. The third-order valence-corrected chi connectivity index (χ3v) is 6.48. The molecule has 0 bridgehead atoms.